The number of nitrogens with one attached hydrogen (secondary N) is 1. The van der Waals surface area contributed by atoms with Gasteiger partial charge in [-0.1, -0.05) is 0 Å². The highest BCUT2D eigenvalue weighted by Gasteiger charge is 2.22. The van der Waals surface area contributed by atoms with Crippen molar-refractivity contribution in [1.29, 1.82) is 0 Å². The second-order valence-corrected chi connectivity index (χ2v) is 6.06. The van der Waals surface area contributed by atoms with Crippen molar-refractivity contribution in [1.82, 2.24) is 4.90 Å². The summed E-state index contributed by atoms with van der Waals surface area (Å²) in [5, 5.41) is 3.48. The monoisotopic (exact) mass is 314 g/mol. The summed E-state index contributed by atoms with van der Waals surface area (Å²) < 4.78 is 13.7. The van der Waals surface area contributed by atoms with Crippen LogP contribution < -0.4 is 5.32 Å². The lowest BCUT2D eigenvalue weighted by atomic mass is 9.90. The fraction of sp³-hybridized carbons (Fsp3) is 0.571. The summed E-state index contributed by atoms with van der Waals surface area (Å²) in [6.45, 7) is 4.56. The van der Waals surface area contributed by atoms with Gasteiger partial charge in [0.1, 0.15) is 5.82 Å². The molecule has 1 aliphatic heterocycles. The van der Waals surface area contributed by atoms with Gasteiger partial charge in [0.2, 0.25) is 0 Å². The predicted molar refractivity (Wildman–Crippen MR) is 77.4 cm³/mol. The summed E-state index contributed by atoms with van der Waals surface area (Å²) in [6.07, 6.45) is 2.46. The van der Waals surface area contributed by atoms with Crippen molar-refractivity contribution < 1.29 is 4.39 Å². The van der Waals surface area contributed by atoms with E-state index in [-0.39, 0.29) is 5.82 Å². The Morgan fingerprint density at radius 1 is 1.39 bits per heavy atom. The maximum absolute atomic E-state index is 13.2. The van der Waals surface area contributed by atoms with Crippen molar-refractivity contribution in [3.05, 3.63) is 28.5 Å². The average Bonchev–Trinajstić information content (AvgIpc) is 2.34. The molecule has 4 heteroatoms. The van der Waals surface area contributed by atoms with E-state index in [2.05, 4.69) is 40.1 Å². The van der Waals surface area contributed by atoms with Gasteiger partial charge in [-0.3, -0.25) is 0 Å². The molecule has 0 bridgehead atoms. The van der Waals surface area contributed by atoms with E-state index in [1.807, 2.05) is 0 Å². The third-order valence-corrected chi connectivity index (χ3v) is 4.39. The Morgan fingerprint density at radius 3 is 2.67 bits per heavy atom. The number of hydrogen-bond acceptors (Lipinski definition) is 2. The molecule has 0 aromatic heterocycles. The zero-order valence-electron chi connectivity index (χ0n) is 10.9. The summed E-state index contributed by atoms with van der Waals surface area (Å²) in [5.41, 5.74) is 0.981. The zero-order chi connectivity index (χ0) is 13.1. The Balaban J connectivity index is 1.94. The van der Waals surface area contributed by atoms with Gasteiger partial charge < -0.3 is 10.2 Å². The molecule has 0 radical (unpaired) electrons. The lowest BCUT2D eigenvalue weighted by Gasteiger charge is -2.33. The van der Waals surface area contributed by atoms with Crippen molar-refractivity contribution in [2.75, 3.05) is 25.5 Å². The van der Waals surface area contributed by atoms with Crippen LogP contribution in [0.5, 0.6) is 0 Å². The van der Waals surface area contributed by atoms with Crippen LogP contribution in [0, 0.1) is 11.7 Å². The molecule has 2 rings (SSSR count). The molecule has 1 aromatic rings. The van der Waals surface area contributed by atoms with Crippen LogP contribution in [0.4, 0.5) is 10.1 Å². The first-order chi connectivity index (χ1) is 8.56. The Bertz CT molecular complexity index is 403. The first-order valence-corrected chi connectivity index (χ1v) is 7.25. The van der Waals surface area contributed by atoms with Gasteiger partial charge in [-0.2, -0.15) is 0 Å². The molecule has 1 atom stereocenters. The number of anilines is 1. The van der Waals surface area contributed by atoms with E-state index in [0.29, 0.717) is 16.4 Å². The molecule has 18 heavy (non-hydrogen) atoms. The average molecular weight is 315 g/mol. The summed E-state index contributed by atoms with van der Waals surface area (Å²) in [7, 11) is 2.17. The molecule has 1 N–H and O–H groups in total. The second kappa shape index (κ2) is 6.02. The quantitative estimate of drug-likeness (QED) is 0.914. The van der Waals surface area contributed by atoms with Crippen molar-refractivity contribution in [2.24, 2.45) is 5.92 Å². The molecule has 0 amide bonds. The minimum atomic E-state index is -0.215. The molecule has 0 spiro atoms. The summed E-state index contributed by atoms with van der Waals surface area (Å²) in [5.74, 6) is 0.484. The molecule has 0 aliphatic carbocycles. The molecule has 1 fully saturated rings. The summed E-state index contributed by atoms with van der Waals surface area (Å²) >= 11 is 3.22. The fourth-order valence-electron chi connectivity index (χ4n) is 2.50. The van der Waals surface area contributed by atoms with Crippen LogP contribution in [-0.4, -0.2) is 31.1 Å². The molecule has 0 saturated carbocycles. The highest BCUT2D eigenvalue weighted by molar-refractivity contribution is 9.10. The van der Waals surface area contributed by atoms with Gasteiger partial charge in [-0.05, 0) is 79.9 Å². The van der Waals surface area contributed by atoms with Crippen LogP contribution in [0.1, 0.15) is 19.8 Å². The Labute approximate surface area is 117 Å². The van der Waals surface area contributed by atoms with Crippen LogP contribution in [0.15, 0.2) is 22.7 Å². The smallest absolute Gasteiger partial charge is 0.137 e. The standard InChI is InChI=1S/C14H20BrFN2/c1-10(11-5-7-18(2)8-6-11)17-12-3-4-14(16)13(15)9-12/h3-4,9-11,17H,5-8H2,1-2H3. The van der Waals surface area contributed by atoms with E-state index in [4.69, 9.17) is 0 Å². The Kier molecular flexibility index (Phi) is 4.62. The van der Waals surface area contributed by atoms with Crippen molar-refractivity contribution >= 4 is 21.6 Å². The molecular weight excluding hydrogens is 295 g/mol. The number of piperidine rings is 1. The molecule has 1 aliphatic rings. The van der Waals surface area contributed by atoms with Crippen LogP contribution in [0.2, 0.25) is 0 Å². The lowest BCUT2D eigenvalue weighted by molar-refractivity contribution is 0.208. The molecule has 1 heterocycles. The fourth-order valence-corrected chi connectivity index (χ4v) is 2.87. The highest BCUT2D eigenvalue weighted by atomic mass is 79.9. The lowest BCUT2D eigenvalue weighted by Crippen LogP contribution is -2.37. The molecule has 1 unspecified atom stereocenters. The third kappa shape index (κ3) is 3.45. The van der Waals surface area contributed by atoms with Crippen LogP contribution in [0.3, 0.4) is 0 Å². The number of benzene rings is 1. The number of hydrogen-bond donors (Lipinski definition) is 1. The summed E-state index contributed by atoms with van der Waals surface area (Å²) in [4.78, 5) is 2.37. The maximum atomic E-state index is 13.2. The number of likely N-dealkylation sites (tertiary alicyclic amines) is 1. The molecule has 1 aromatic carbocycles. The van der Waals surface area contributed by atoms with Crippen LogP contribution in [0.25, 0.3) is 0 Å². The van der Waals surface area contributed by atoms with E-state index in [0.717, 1.165) is 5.69 Å². The van der Waals surface area contributed by atoms with E-state index in [9.17, 15) is 4.39 Å². The number of nitrogens with zero attached hydrogens (tertiary/aromatic N) is 1. The largest absolute Gasteiger partial charge is 0.382 e. The molecule has 100 valence electrons. The van der Waals surface area contributed by atoms with Gasteiger partial charge >= 0.3 is 0 Å². The normalized spacial score (nSPS) is 19.8. The van der Waals surface area contributed by atoms with Gasteiger partial charge in [0.15, 0.2) is 0 Å². The first kappa shape index (κ1) is 13.8. The summed E-state index contributed by atoms with van der Waals surface area (Å²) in [6, 6.07) is 5.52. The topological polar surface area (TPSA) is 15.3 Å². The van der Waals surface area contributed by atoms with Gasteiger partial charge in [0, 0.05) is 11.7 Å². The molecular formula is C14H20BrFN2. The predicted octanol–water partition coefficient (Wildman–Crippen LogP) is 3.73. The minimum Gasteiger partial charge on any atom is -0.382 e. The Hall–Kier alpha value is -0.610. The van der Waals surface area contributed by atoms with E-state index in [1.165, 1.54) is 32.0 Å². The van der Waals surface area contributed by atoms with Gasteiger partial charge in [0.05, 0.1) is 4.47 Å². The first-order valence-electron chi connectivity index (χ1n) is 6.46. The third-order valence-electron chi connectivity index (χ3n) is 3.78. The van der Waals surface area contributed by atoms with Crippen molar-refractivity contribution in [2.45, 2.75) is 25.8 Å². The van der Waals surface area contributed by atoms with E-state index in [1.54, 1.807) is 12.1 Å². The van der Waals surface area contributed by atoms with E-state index >= 15 is 0 Å². The van der Waals surface area contributed by atoms with Crippen molar-refractivity contribution in [3.63, 3.8) is 0 Å². The second-order valence-electron chi connectivity index (χ2n) is 5.20. The van der Waals surface area contributed by atoms with Crippen LogP contribution >= 0.6 is 15.9 Å². The van der Waals surface area contributed by atoms with Crippen LogP contribution in [-0.2, 0) is 0 Å². The number of rotatable bonds is 3. The SMILES string of the molecule is CC(Nc1ccc(F)c(Br)c1)C1CCN(C)CC1. The Morgan fingerprint density at radius 2 is 2.06 bits per heavy atom. The molecule has 2 nitrogen and oxygen atoms in total. The molecule has 1 saturated heterocycles. The van der Waals surface area contributed by atoms with Gasteiger partial charge in [0.25, 0.3) is 0 Å². The van der Waals surface area contributed by atoms with E-state index < -0.39 is 0 Å². The van der Waals surface area contributed by atoms with Gasteiger partial charge in [-0.15, -0.1) is 0 Å². The van der Waals surface area contributed by atoms with Gasteiger partial charge in [-0.25, -0.2) is 4.39 Å². The van der Waals surface area contributed by atoms with Crippen molar-refractivity contribution in [3.8, 4) is 0 Å². The highest BCUT2D eigenvalue weighted by Crippen LogP contribution is 2.25. The minimum absolute atomic E-state index is 0.215. The zero-order valence-corrected chi connectivity index (χ0v) is 12.5. The number of halogens is 2. The maximum Gasteiger partial charge on any atom is 0.137 e.